The Morgan fingerprint density at radius 2 is 1.84 bits per heavy atom. The molecule has 104 valence electrons. The van der Waals surface area contributed by atoms with Gasteiger partial charge in [-0.15, -0.1) is 0 Å². The maximum absolute atomic E-state index is 2.41. The number of rotatable bonds is 4. The molecule has 1 heteroatoms. The van der Waals surface area contributed by atoms with Crippen molar-refractivity contribution in [1.29, 1.82) is 0 Å². The Kier molecular flexibility index (Phi) is 3.51. The van der Waals surface area contributed by atoms with Crippen molar-refractivity contribution in [1.82, 2.24) is 4.90 Å². The molecule has 19 heavy (non-hydrogen) atoms. The van der Waals surface area contributed by atoms with E-state index in [1.54, 1.807) is 0 Å². The number of nitrogens with zero attached hydrogens (tertiary/aromatic N) is 1. The van der Waals surface area contributed by atoms with E-state index in [0.717, 1.165) is 6.54 Å². The van der Waals surface area contributed by atoms with E-state index < -0.39 is 0 Å². The summed E-state index contributed by atoms with van der Waals surface area (Å²) in [6.07, 6.45) is 3.55. The van der Waals surface area contributed by atoms with Crippen molar-refractivity contribution in [2.24, 2.45) is 5.41 Å². The standard InChI is InChI=1S/C18H27N/c1-7-19(6)12-14(2)15-10-8-9-11-16(15)18(5)13-17(18,3)4/h8-12H,7,13H2,1-6H3/b14-12+. The summed E-state index contributed by atoms with van der Waals surface area (Å²) >= 11 is 0. The molecule has 0 aliphatic heterocycles. The minimum atomic E-state index is 0.337. The van der Waals surface area contributed by atoms with Gasteiger partial charge in [0.2, 0.25) is 0 Å². The Balaban J connectivity index is 2.41. The summed E-state index contributed by atoms with van der Waals surface area (Å²) in [6, 6.07) is 8.91. The normalized spacial score (nSPS) is 25.3. The Morgan fingerprint density at radius 1 is 1.26 bits per heavy atom. The Hall–Kier alpha value is -1.24. The van der Waals surface area contributed by atoms with Crippen molar-refractivity contribution < 1.29 is 0 Å². The molecule has 0 amide bonds. The van der Waals surface area contributed by atoms with Gasteiger partial charge in [-0.2, -0.15) is 0 Å². The van der Waals surface area contributed by atoms with Crippen LogP contribution in [0, 0.1) is 5.41 Å². The average molecular weight is 257 g/mol. The lowest BCUT2D eigenvalue weighted by Crippen LogP contribution is -2.13. The van der Waals surface area contributed by atoms with E-state index in [1.807, 2.05) is 0 Å². The molecule has 0 spiro atoms. The number of benzene rings is 1. The van der Waals surface area contributed by atoms with Crippen LogP contribution in [0.2, 0.25) is 0 Å². The fourth-order valence-electron chi connectivity index (χ4n) is 3.10. The lowest BCUT2D eigenvalue weighted by molar-refractivity contribution is 0.485. The van der Waals surface area contributed by atoms with Gasteiger partial charge in [-0.25, -0.2) is 0 Å². The maximum Gasteiger partial charge on any atom is 0.0140 e. The van der Waals surface area contributed by atoms with E-state index in [-0.39, 0.29) is 0 Å². The van der Waals surface area contributed by atoms with Crippen LogP contribution >= 0.6 is 0 Å². The average Bonchev–Trinajstić information content (AvgIpc) is 2.89. The summed E-state index contributed by atoms with van der Waals surface area (Å²) in [7, 11) is 2.13. The molecule has 0 radical (unpaired) electrons. The van der Waals surface area contributed by atoms with E-state index in [0.29, 0.717) is 10.8 Å². The molecule has 1 nitrogen and oxygen atoms in total. The lowest BCUT2D eigenvalue weighted by atomic mass is 9.85. The van der Waals surface area contributed by atoms with E-state index in [1.165, 1.54) is 23.1 Å². The topological polar surface area (TPSA) is 3.24 Å². The van der Waals surface area contributed by atoms with Gasteiger partial charge in [-0.05, 0) is 47.8 Å². The van der Waals surface area contributed by atoms with Crippen molar-refractivity contribution >= 4 is 5.57 Å². The predicted molar refractivity (Wildman–Crippen MR) is 84.1 cm³/mol. The first-order chi connectivity index (χ1) is 8.82. The van der Waals surface area contributed by atoms with Crippen LogP contribution in [0.1, 0.15) is 52.2 Å². The summed E-state index contributed by atoms with van der Waals surface area (Å²) in [5.74, 6) is 0. The Morgan fingerprint density at radius 3 is 2.37 bits per heavy atom. The minimum absolute atomic E-state index is 0.337. The molecule has 1 aliphatic carbocycles. The highest BCUT2D eigenvalue weighted by Gasteiger charge is 2.58. The molecule has 0 heterocycles. The van der Waals surface area contributed by atoms with E-state index in [2.05, 4.69) is 77.0 Å². The predicted octanol–water partition coefficient (Wildman–Crippen LogP) is 4.69. The van der Waals surface area contributed by atoms with Gasteiger partial charge in [0.1, 0.15) is 0 Å². The molecule has 1 aromatic carbocycles. The third-order valence-corrected chi connectivity index (χ3v) is 5.02. The molecule has 2 rings (SSSR count). The molecule has 0 aromatic heterocycles. The lowest BCUT2D eigenvalue weighted by Gasteiger charge is -2.21. The zero-order chi connectivity index (χ0) is 14.3. The molecule has 1 fully saturated rings. The van der Waals surface area contributed by atoms with Crippen molar-refractivity contribution in [2.75, 3.05) is 13.6 Å². The summed E-state index contributed by atoms with van der Waals surface area (Å²) < 4.78 is 0. The van der Waals surface area contributed by atoms with Crippen LogP contribution in [0.3, 0.4) is 0 Å². The highest BCUT2D eigenvalue weighted by molar-refractivity contribution is 5.68. The van der Waals surface area contributed by atoms with Crippen molar-refractivity contribution in [3.8, 4) is 0 Å². The molecule has 0 N–H and O–H groups in total. The highest BCUT2D eigenvalue weighted by Crippen LogP contribution is 2.64. The van der Waals surface area contributed by atoms with Crippen LogP contribution in [-0.2, 0) is 5.41 Å². The van der Waals surface area contributed by atoms with Crippen molar-refractivity contribution in [3.05, 3.63) is 41.6 Å². The molecule has 1 atom stereocenters. The van der Waals surface area contributed by atoms with Crippen LogP contribution in [0.5, 0.6) is 0 Å². The molecular formula is C18H27N. The summed E-state index contributed by atoms with van der Waals surface area (Å²) in [4.78, 5) is 2.24. The van der Waals surface area contributed by atoms with Crippen molar-refractivity contribution in [3.63, 3.8) is 0 Å². The minimum Gasteiger partial charge on any atom is -0.380 e. The van der Waals surface area contributed by atoms with Gasteiger partial charge in [0.25, 0.3) is 0 Å². The van der Waals surface area contributed by atoms with Crippen molar-refractivity contribution in [2.45, 2.75) is 46.5 Å². The molecular weight excluding hydrogens is 230 g/mol. The summed E-state index contributed by atoms with van der Waals surface area (Å²) in [5, 5.41) is 0. The smallest absolute Gasteiger partial charge is 0.0140 e. The largest absolute Gasteiger partial charge is 0.380 e. The van der Waals surface area contributed by atoms with Gasteiger partial charge in [-0.1, -0.05) is 45.0 Å². The monoisotopic (exact) mass is 257 g/mol. The SMILES string of the molecule is CCN(C)/C=C(\C)c1ccccc1C1(C)CC1(C)C. The quantitative estimate of drug-likeness (QED) is 0.756. The van der Waals surface area contributed by atoms with Crippen LogP contribution < -0.4 is 0 Å². The molecule has 1 aliphatic rings. The fraction of sp³-hybridized carbons (Fsp3) is 0.556. The second kappa shape index (κ2) is 4.70. The molecule has 0 saturated heterocycles. The van der Waals surface area contributed by atoms with Gasteiger partial charge in [0.05, 0.1) is 0 Å². The molecule has 0 bridgehead atoms. The zero-order valence-electron chi connectivity index (χ0n) is 13.2. The number of allylic oxidation sites excluding steroid dienone is 1. The molecule has 1 saturated carbocycles. The third kappa shape index (κ3) is 2.43. The zero-order valence-corrected chi connectivity index (χ0v) is 13.2. The van der Waals surface area contributed by atoms with Gasteiger partial charge in [0.15, 0.2) is 0 Å². The van der Waals surface area contributed by atoms with Crippen LogP contribution in [0.4, 0.5) is 0 Å². The first-order valence-electron chi connectivity index (χ1n) is 7.30. The second-order valence-electron chi connectivity index (χ2n) is 6.82. The highest BCUT2D eigenvalue weighted by atomic mass is 15.1. The van der Waals surface area contributed by atoms with Gasteiger partial charge in [-0.3, -0.25) is 0 Å². The van der Waals surface area contributed by atoms with Crippen LogP contribution in [0.25, 0.3) is 5.57 Å². The van der Waals surface area contributed by atoms with E-state index in [9.17, 15) is 0 Å². The molecule has 1 unspecified atom stereocenters. The summed E-state index contributed by atoms with van der Waals surface area (Å²) in [5.41, 5.74) is 5.06. The Labute approximate surface area is 118 Å². The third-order valence-electron chi connectivity index (χ3n) is 5.02. The second-order valence-corrected chi connectivity index (χ2v) is 6.82. The first-order valence-corrected chi connectivity index (χ1v) is 7.30. The Bertz CT molecular complexity index is 498. The van der Waals surface area contributed by atoms with Crippen LogP contribution in [-0.4, -0.2) is 18.5 Å². The fourth-order valence-corrected chi connectivity index (χ4v) is 3.10. The number of hydrogen-bond acceptors (Lipinski definition) is 1. The number of hydrogen-bond donors (Lipinski definition) is 0. The van der Waals surface area contributed by atoms with Gasteiger partial charge >= 0.3 is 0 Å². The van der Waals surface area contributed by atoms with E-state index in [4.69, 9.17) is 0 Å². The van der Waals surface area contributed by atoms with Gasteiger partial charge in [0, 0.05) is 19.8 Å². The summed E-state index contributed by atoms with van der Waals surface area (Å²) in [6.45, 7) is 12.6. The van der Waals surface area contributed by atoms with Crippen LogP contribution in [0.15, 0.2) is 30.5 Å². The van der Waals surface area contributed by atoms with E-state index >= 15 is 0 Å². The van der Waals surface area contributed by atoms with Gasteiger partial charge < -0.3 is 4.90 Å². The molecule has 1 aromatic rings. The maximum atomic E-state index is 2.41. The first kappa shape index (κ1) is 14.2.